The molecule has 2 bridgehead atoms. The Bertz CT molecular complexity index is 67.5. The van der Waals surface area contributed by atoms with Gasteiger partial charge in [-0.1, -0.05) is 0 Å². The van der Waals surface area contributed by atoms with Gasteiger partial charge in [0.05, 0.1) is 13.2 Å². The van der Waals surface area contributed by atoms with E-state index in [1.165, 1.54) is 0 Å². The average molecular weight is 152 g/mol. The second kappa shape index (κ2) is 2.17. The van der Waals surface area contributed by atoms with Crippen LogP contribution in [0.5, 0.6) is 0 Å². The highest BCUT2D eigenvalue weighted by Gasteiger charge is 2.31. The van der Waals surface area contributed by atoms with Gasteiger partial charge in [-0.2, -0.15) is 0 Å². The van der Waals surface area contributed by atoms with Crippen molar-refractivity contribution in [2.75, 3.05) is 13.2 Å². The second-order valence-electron chi connectivity index (χ2n) is 1.72. The molecule has 8 heavy (non-hydrogen) atoms. The van der Waals surface area contributed by atoms with E-state index < -0.39 is 8.60 Å². The molecular weight excluding hydrogens is 146 g/mol. The van der Waals surface area contributed by atoms with Gasteiger partial charge in [-0.15, -0.1) is 0 Å². The molecule has 0 aromatic heterocycles. The minimum atomic E-state index is -0.891. The first-order chi connectivity index (χ1) is 3.95. The van der Waals surface area contributed by atoms with Gasteiger partial charge in [0.25, 0.3) is 0 Å². The average Bonchev–Trinajstić information content (AvgIpc) is 1.92. The maximum atomic E-state index is 5.12. The van der Waals surface area contributed by atoms with Crippen LogP contribution in [0.25, 0.3) is 0 Å². The van der Waals surface area contributed by atoms with Crippen molar-refractivity contribution in [1.82, 2.24) is 0 Å². The Morgan fingerprint density at radius 3 is 2.25 bits per heavy atom. The first-order valence-corrected chi connectivity index (χ1v) is 4.52. The van der Waals surface area contributed by atoms with Gasteiger partial charge >= 0.3 is 8.60 Å². The van der Waals surface area contributed by atoms with Crippen LogP contribution in [0.2, 0.25) is 0 Å². The summed E-state index contributed by atoms with van der Waals surface area (Å²) in [5.41, 5.74) is 0.530. The van der Waals surface area contributed by atoms with Crippen LogP contribution >= 0.6 is 17.4 Å². The summed E-state index contributed by atoms with van der Waals surface area (Å²) in [7, 11) is -0.270. The minimum Gasteiger partial charge on any atom is -0.311 e. The lowest BCUT2D eigenvalue weighted by Gasteiger charge is -2.32. The van der Waals surface area contributed by atoms with Crippen LogP contribution < -0.4 is 0 Å². The topological polar surface area (TPSA) is 27.7 Å². The summed E-state index contributed by atoms with van der Waals surface area (Å²) in [4.78, 5) is 0. The molecule has 46 valence electrons. The lowest BCUT2D eigenvalue weighted by molar-refractivity contribution is 0.135. The Morgan fingerprint density at radius 2 is 2.12 bits per heavy atom. The van der Waals surface area contributed by atoms with Crippen LogP contribution in [0.1, 0.15) is 0 Å². The Balaban J connectivity index is 2.03. The third kappa shape index (κ3) is 0.896. The predicted octanol–water partition coefficient (Wildman–Crippen LogP) is 1.25. The highest BCUT2D eigenvalue weighted by molar-refractivity contribution is 7.53. The van der Waals surface area contributed by atoms with Crippen molar-refractivity contribution >= 4 is 17.4 Å². The maximum absolute atomic E-state index is 5.12. The van der Waals surface area contributed by atoms with Gasteiger partial charge in [0.1, 0.15) is 0 Å². The molecule has 0 aromatic carbocycles. The number of rotatable bonds is 0. The zero-order valence-electron chi connectivity index (χ0n) is 4.16. The minimum absolute atomic E-state index is 0.530. The van der Waals surface area contributed by atoms with E-state index in [4.69, 9.17) is 13.4 Å². The van der Waals surface area contributed by atoms with E-state index in [9.17, 15) is 0 Å². The van der Waals surface area contributed by atoms with Crippen LogP contribution in [-0.4, -0.2) is 18.9 Å². The van der Waals surface area contributed by atoms with Gasteiger partial charge < -0.3 is 9.05 Å². The number of hydrogen-bond donors (Lipinski definition) is 0. The first kappa shape index (κ1) is 5.52. The largest absolute Gasteiger partial charge is 0.335 e. The fourth-order valence-electron chi connectivity index (χ4n) is 0.625. The number of hydrogen-bond acceptors (Lipinski definition) is 3. The molecule has 0 saturated carbocycles. The molecule has 0 radical (unpaired) electrons. The van der Waals surface area contributed by atoms with Crippen LogP contribution in [0, 0.1) is 0 Å². The maximum Gasteiger partial charge on any atom is 0.335 e. The summed E-state index contributed by atoms with van der Waals surface area (Å²) >= 11 is 0. The van der Waals surface area contributed by atoms with Gasteiger partial charge in [0.15, 0.2) is 0 Å². The van der Waals surface area contributed by atoms with Crippen LogP contribution in [0.3, 0.4) is 0 Å². The summed E-state index contributed by atoms with van der Waals surface area (Å²) in [6, 6.07) is 0. The van der Waals surface area contributed by atoms with Crippen LogP contribution in [0.4, 0.5) is 0 Å². The summed E-state index contributed by atoms with van der Waals surface area (Å²) in [5.74, 6) is 0. The quantitative estimate of drug-likeness (QED) is 0.489. The van der Waals surface area contributed by atoms with Crippen molar-refractivity contribution in [3.05, 3.63) is 0 Å². The molecule has 0 aromatic rings. The lowest BCUT2D eigenvalue weighted by atomic mass is 10.5. The summed E-state index contributed by atoms with van der Waals surface area (Å²) in [5, 5.41) is 0. The van der Waals surface area contributed by atoms with Crippen molar-refractivity contribution in [2.24, 2.45) is 0 Å². The molecular formula is C3H6O3P2. The molecule has 0 spiro atoms. The Labute approximate surface area is 50.6 Å². The number of fused-ring (bicyclic) bond motifs is 3. The third-order valence-electron chi connectivity index (χ3n) is 1.06. The van der Waals surface area contributed by atoms with Gasteiger partial charge in [-0.05, 0) is 0 Å². The van der Waals surface area contributed by atoms with Gasteiger partial charge in [0.2, 0.25) is 0 Å². The molecule has 3 aliphatic heterocycles. The predicted molar refractivity (Wildman–Crippen MR) is 32.0 cm³/mol. The highest BCUT2D eigenvalue weighted by atomic mass is 31.2. The molecule has 0 N–H and O–H groups in total. The van der Waals surface area contributed by atoms with E-state index in [-0.39, 0.29) is 0 Å². The van der Waals surface area contributed by atoms with Gasteiger partial charge in [-0.25, -0.2) is 0 Å². The molecule has 3 fully saturated rings. The molecule has 3 rings (SSSR count). The summed E-state index contributed by atoms with van der Waals surface area (Å²) < 4.78 is 15.3. The highest BCUT2D eigenvalue weighted by Crippen LogP contribution is 2.56. The SMILES string of the molecule is C1OP2OCC1PO2. The molecule has 3 saturated heterocycles. The summed E-state index contributed by atoms with van der Waals surface area (Å²) in [6.45, 7) is 1.70. The second-order valence-corrected chi connectivity index (χ2v) is 4.47. The molecule has 5 heteroatoms. The van der Waals surface area contributed by atoms with Crippen molar-refractivity contribution in [1.29, 1.82) is 0 Å². The fraction of sp³-hybridized carbons (Fsp3) is 1.00. The van der Waals surface area contributed by atoms with Gasteiger partial charge in [0, 0.05) is 14.5 Å². The Kier molecular flexibility index (Phi) is 1.49. The fourth-order valence-corrected chi connectivity index (χ4v) is 3.25. The van der Waals surface area contributed by atoms with E-state index in [2.05, 4.69) is 0 Å². The summed E-state index contributed by atoms with van der Waals surface area (Å²) in [6.07, 6.45) is 0. The Morgan fingerprint density at radius 1 is 1.38 bits per heavy atom. The van der Waals surface area contributed by atoms with Gasteiger partial charge in [-0.3, -0.25) is 4.31 Å². The first-order valence-electron chi connectivity index (χ1n) is 2.43. The van der Waals surface area contributed by atoms with E-state index in [0.29, 0.717) is 14.5 Å². The molecule has 1 unspecified atom stereocenters. The monoisotopic (exact) mass is 152 g/mol. The standard InChI is InChI=1S/C3H6O3P2/c1-3-2-5-8(4-1)6-7-3/h3,7H,1-2H2. The zero-order chi connectivity index (χ0) is 5.40. The molecule has 0 amide bonds. The van der Waals surface area contributed by atoms with E-state index in [1.807, 2.05) is 0 Å². The molecule has 0 aliphatic carbocycles. The normalized spacial score (nSPS) is 48.0. The smallest absolute Gasteiger partial charge is 0.311 e. The van der Waals surface area contributed by atoms with Crippen molar-refractivity contribution < 1.29 is 13.4 Å². The van der Waals surface area contributed by atoms with Crippen LogP contribution in [-0.2, 0) is 13.4 Å². The molecule has 3 aliphatic rings. The molecule has 3 heterocycles. The molecule has 3 nitrogen and oxygen atoms in total. The lowest BCUT2D eigenvalue weighted by Crippen LogP contribution is -2.25. The van der Waals surface area contributed by atoms with E-state index in [0.717, 1.165) is 13.2 Å². The van der Waals surface area contributed by atoms with Crippen LogP contribution in [0.15, 0.2) is 0 Å². The van der Waals surface area contributed by atoms with Crippen molar-refractivity contribution in [3.8, 4) is 0 Å². The van der Waals surface area contributed by atoms with Crippen molar-refractivity contribution in [2.45, 2.75) is 5.66 Å². The van der Waals surface area contributed by atoms with E-state index in [1.54, 1.807) is 0 Å². The zero-order valence-corrected chi connectivity index (χ0v) is 6.06. The van der Waals surface area contributed by atoms with Crippen molar-refractivity contribution in [3.63, 3.8) is 0 Å². The Hall–Kier alpha value is 0.740. The molecule has 1 atom stereocenters. The van der Waals surface area contributed by atoms with E-state index >= 15 is 0 Å². The third-order valence-corrected chi connectivity index (χ3v) is 3.46.